The molecule has 0 atom stereocenters. The summed E-state index contributed by atoms with van der Waals surface area (Å²) < 4.78 is 0. The molecule has 1 rings (SSSR count). The summed E-state index contributed by atoms with van der Waals surface area (Å²) in [4.78, 5) is 15.8. The molecular formula is C12H18N4O2. The zero-order valence-corrected chi connectivity index (χ0v) is 10.7. The van der Waals surface area contributed by atoms with Crippen molar-refractivity contribution in [1.29, 1.82) is 0 Å². The molecule has 98 valence electrons. The molecule has 1 amide bonds. The van der Waals surface area contributed by atoms with Gasteiger partial charge in [-0.3, -0.25) is 4.79 Å². The van der Waals surface area contributed by atoms with Crippen molar-refractivity contribution in [2.24, 2.45) is 0 Å². The number of aryl methyl sites for hydroxylation is 2. The molecule has 0 aliphatic rings. The fraction of sp³-hybridized carbons (Fsp3) is 0.333. The summed E-state index contributed by atoms with van der Waals surface area (Å²) in [5.41, 5.74) is 8.41. The Labute approximate surface area is 106 Å². The molecule has 0 spiro atoms. The number of amides is 1. The summed E-state index contributed by atoms with van der Waals surface area (Å²) in [6.45, 7) is 4.09. The molecule has 0 aromatic carbocycles. The van der Waals surface area contributed by atoms with E-state index in [1.165, 1.54) is 0 Å². The van der Waals surface area contributed by atoms with Crippen molar-refractivity contribution in [3.8, 4) is 0 Å². The van der Waals surface area contributed by atoms with Gasteiger partial charge in [0.05, 0.1) is 0 Å². The van der Waals surface area contributed by atoms with Gasteiger partial charge in [0.2, 0.25) is 0 Å². The molecule has 0 fully saturated rings. The summed E-state index contributed by atoms with van der Waals surface area (Å²) in [5.74, 6) is 0.0851. The number of anilines is 1. The summed E-state index contributed by atoms with van der Waals surface area (Å²) in [6, 6.07) is 1.76. The molecule has 0 unspecified atom stereocenters. The van der Waals surface area contributed by atoms with Gasteiger partial charge in [-0.25, -0.2) is 4.98 Å². The zero-order chi connectivity index (χ0) is 13.7. The maximum Gasteiger partial charge on any atom is 0.270 e. The molecule has 0 saturated heterocycles. The Hall–Kier alpha value is -2.24. The highest BCUT2D eigenvalue weighted by Gasteiger charge is 2.10. The summed E-state index contributed by atoms with van der Waals surface area (Å²) in [5, 5.41) is 14.1. The monoisotopic (exact) mass is 250 g/mol. The van der Waals surface area contributed by atoms with Crippen molar-refractivity contribution in [2.45, 2.75) is 20.4 Å². The van der Waals surface area contributed by atoms with E-state index in [1.54, 1.807) is 13.1 Å². The third-order valence-corrected chi connectivity index (χ3v) is 2.64. The largest absolute Gasteiger partial charge is 0.513 e. The van der Waals surface area contributed by atoms with Crippen LogP contribution in [-0.4, -0.2) is 23.0 Å². The number of hydrogen-bond acceptors (Lipinski definition) is 5. The summed E-state index contributed by atoms with van der Waals surface area (Å²) in [7, 11) is 1.56. The molecule has 0 bridgehead atoms. The number of pyridine rings is 1. The first-order valence-corrected chi connectivity index (χ1v) is 5.52. The standard InChI is InChI=1S/C12H18N4O2/c1-7-4-11(13)16-8(2)9(7)5-15-12(18)10(6-17)14-3/h4,6,14,17H,5H2,1-3H3,(H2,13,16)(H,15,18)/b10-6-. The van der Waals surface area contributed by atoms with Crippen LogP contribution in [0.1, 0.15) is 16.8 Å². The minimum atomic E-state index is -0.379. The van der Waals surface area contributed by atoms with Crippen LogP contribution in [0.25, 0.3) is 0 Å². The first-order chi connectivity index (χ1) is 8.49. The van der Waals surface area contributed by atoms with E-state index in [0.717, 1.165) is 23.1 Å². The third kappa shape index (κ3) is 3.13. The number of hydrogen-bond donors (Lipinski definition) is 4. The van der Waals surface area contributed by atoms with Crippen LogP contribution in [0.4, 0.5) is 5.82 Å². The van der Waals surface area contributed by atoms with Crippen molar-refractivity contribution in [3.63, 3.8) is 0 Å². The first kappa shape index (κ1) is 13.8. The molecule has 0 aliphatic carbocycles. The van der Waals surface area contributed by atoms with Crippen LogP contribution in [-0.2, 0) is 11.3 Å². The number of rotatable bonds is 4. The topological polar surface area (TPSA) is 100 Å². The fourth-order valence-electron chi connectivity index (χ4n) is 1.66. The quantitative estimate of drug-likeness (QED) is 0.461. The van der Waals surface area contributed by atoms with Crippen molar-refractivity contribution >= 4 is 11.7 Å². The maximum absolute atomic E-state index is 11.6. The van der Waals surface area contributed by atoms with E-state index < -0.39 is 0 Å². The fourth-order valence-corrected chi connectivity index (χ4v) is 1.66. The number of aliphatic hydroxyl groups excluding tert-OH is 1. The third-order valence-electron chi connectivity index (χ3n) is 2.64. The smallest absolute Gasteiger partial charge is 0.270 e. The van der Waals surface area contributed by atoms with Crippen molar-refractivity contribution in [3.05, 3.63) is 34.8 Å². The predicted molar refractivity (Wildman–Crippen MR) is 69.7 cm³/mol. The van der Waals surface area contributed by atoms with Gasteiger partial charge >= 0.3 is 0 Å². The van der Waals surface area contributed by atoms with E-state index in [9.17, 15) is 4.79 Å². The number of aromatic nitrogens is 1. The number of aliphatic hydroxyl groups is 1. The van der Waals surface area contributed by atoms with Crippen molar-refractivity contribution < 1.29 is 9.90 Å². The number of nitrogen functional groups attached to an aromatic ring is 1. The molecule has 5 N–H and O–H groups in total. The summed E-state index contributed by atoms with van der Waals surface area (Å²) >= 11 is 0. The highest BCUT2D eigenvalue weighted by atomic mass is 16.2. The van der Waals surface area contributed by atoms with Gasteiger partial charge in [0.15, 0.2) is 0 Å². The van der Waals surface area contributed by atoms with E-state index >= 15 is 0 Å². The van der Waals surface area contributed by atoms with Gasteiger partial charge in [-0.1, -0.05) is 0 Å². The lowest BCUT2D eigenvalue weighted by Crippen LogP contribution is -2.30. The Bertz CT molecular complexity index is 460. The van der Waals surface area contributed by atoms with Crippen molar-refractivity contribution in [1.82, 2.24) is 15.6 Å². The second-order valence-corrected chi connectivity index (χ2v) is 3.90. The number of nitrogens with one attached hydrogen (secondary N) is 2. The maximum atomic E-state index is 11.6. The zero-order valence-electron chi connectivity index (χ0n) is 10.7. The Morgan fingerprint density at radius 1 is 1.56 bits per heavy atom. The van der Waals surface area contributed by atoms with E-state index in [4.69, 9.17) is 10.8 Å². The van der Waals surface area contributed by atoms with Gasteiger partial charge < -0.3 is 21.5 Å². The first-order valence-electron chi connectivity index (χ1n) is 5.52. The van der Waals surface area contributed by atoms with E-state index in [0.29, 0.717) is 12.4 Å². The molecule has 0 saturated carbocycles. The number of carbonyl (C=O) groups excluding carboxylic acids is 1. The highest BCUT2D eigenvalue weighted by molar-refractivity contribution is 5.92. The number of likely N-dealkylation sites (N-methyl/N-ethyl adjacent to an activating group) is 1. The van der Waals surface area contributed by atoms with Crippen LogP contribution < -0.4 is 16.4 Å². The Morgan fingerprint density at radius 3 is 2.72 bits per heavy atom. The minimum absolute atomic E-state index is 0.105. The molecule has 0 aliphatic heterocycles. The van der Waals surface area contributed by atoms with E-state index in [1.807, 2.05) is 13.8 Å². The van der Waals surface area contributed by atoms with Crippen molar-refractivity contribution in [2.75, 3.05) is 12.8 Å². The van der Waals surface area contributed by atoms with Gasteiger partial charge in [-0.15, -0.1) is 0 Å². The number of nitrogens with two attached hydrogens (primary N) is 1. The van der Waals surface area contributed by atoms with Gasteiger partial charge in [0.1, 0.15) is 17.8 Å². The normalized spacial score (nSPS) is 11.2. The molecule has 6 nitrogen and oxygen atoms in total. The molecule has 1 aromatic heterocycles. The van der Waals surface area contributed by atoms with Gasteiger partial charge in [0, 0.05) is 19.3 Å². The Balaban J connectivity index is 2.79. The van der Waals surface area contributed by atoms with Crippen LogP contribution in [0, 0.1) is 13.8 Å². The number of nitrogens with zero attached hydrogens (tertiary/aromatic N) is 1. The molecule has 1 aromatic rings. The molecule has 0 radical (unpaired) electrons. The number of carbonyl (C=O) groups is 1. The molecule has 6 heteroatoms. The predicted octanol–water partition coefficient (Wildman–Crippen LogP) is 0.516. The average molecular weight is 250 g/mol. The van der Waals surface area contributed by atoms with Crippen LogP contribution in [0.15, 0.2) is 18.0 Å². The molecule has 1 heterocycles. The van der Waals surface area contributed by atoms with Crippen LogP contribution in [0.3, 0.4) is 0 Å². The highest BCUT2D eigenvalue weighted by Crippen LogP contribution is 2.14. The van der Waals surface area contributed by atoms with Gasteiger partial charge in [0.25, 0.3) is 5.91 Å². The van der Waals surface area contributed by atoms with Gasteiger partial charge in [-0.2, -0.15) is 0 Å². The lowest BCUT2D eigenvalue weighted by atomic mass is 10.1. The molecular weight excluding hydrogens is 232 g/mol. The minimum Gasteiger partial charge on any atom is -0.513 e. The SMILES string of the molecule is CN/C(=C\O)C(=O)NCc1c(C)cc(N)nc1C. The van der Waals surface area contributed by atoms with Crippen LogP contribution in [0.5, 0.6) is 0 Å². The van der Waals surface area contributed by atoms with Crippen LogP contribution in [0.2, 0.25) is 0 Å². The second kappa shape index (κ2) is 5.90. The Morgan fingerprint density at radius 2 is 2.22 bits per heavy atom. The average Bonchev–Trinajstić information content (AvgIpc) is 2.29. The lowest BCUT2D eigenvalue weighted by Gasteiger charge is -2.12. The van der Waals surface area contributed by atoms with Gasteiger partial charge in [-0.05, 0) is 31.0 Å². The Kier molecular flexibility index (Phi) is 4.53. The van der Waals surface area contributed by atoms with E-state index in [-0.39, 0.29) is 11.6 Å². The second-order valence-electron chi connectivity index (χ2n) is 3.90. The lowest BCUT2D eigenvalue weighted by molar-refractivity contribution is -0.118. The summed E-state index contributed by atoms with van der Waals surface area (Å²) in [6.07, 6.45) is 0.732. The van der Waals surface area contributed by atoms with E-state index in [2.05, 4.69) is 15.6 Å². The van der Waals surface area contributed by atoms with Crippen LogP contribution >= 0.6 is 0 Å². The molecule has 18 heavy (non-hydrogen) atoms.